The molecule has 7 aromatic rings. The maximum atomic E-state index is 2.36. The molecule has 8 rings (SSSR count). The van der Waals surface area contributed by atoms with Crippen molar-refractivity contribution in [2.24, 2.45) is 0 Å². The summed E-state index contributed by atoms with van der Waals surface area (Å²) in [4.78, 5) is 0. The SMILES string of the molecule is c1ccc(Cc2ccc3ccccc3c2-c2cccc3c2-c2ccccc2C3(c2ccccc2)c2ccccc2)cc1. The number of hydrogen-bond donors (Lipinski definition) is 0. The summed E-state index contributed by atoms with van der Waals surface area (Å²) in [5, 5.41) is 2.57. The van der Waals surface area contributed by atoms with Crippen molar-refractivity contribution < 1.29 is 0 Å². The minimum atomic E-state index is -0.408. The van der Waals surface area contributed by atoms with Crippen LogP contribution in [0, 0.1) is 0 Å². The van der Waals surface area contributed by atoms with Crippen LogP contribution in [-0.4, -0.2) is 0 Å². The Labute approximate surface area is 247 Å². The third-order valence-electron chi connectivity index (χ3n) is 9.00. The van der Waals surface area contributed by atoms with Gasteiger partial charge in [-0.25, -0.2) is 0 Å². The van der Waals surface area contributed by atoms with Crippen LogP contribution in [0.2, 0.25) is 0 Å². The monoisotopic (exact) mass is 534 g/mol. The second-order valence-electron chi connectivity index (χ2n) is 11.2. The highest BCUT2D eigenvalue weighted by Crippen LogP contribution is 2.58. The van der Waals surface area contributed by atoms with Gasteiger partial charge in [-0.1, -0.05) is 170 Å². The van der Waals surface area contributed by atoms with E-state index in [4.69, 9.17) is 0 Å². The Morgan fingerprint density at radius 1 is 0.381 bits per heavy atom. The molecule has 0 aromatic heterocycles. The van der Waals surface area contributed by atoms with E-state index in [1.165, 1.54) is 66.4 Å². The molecule has 1 aliphatic carbocycles. The number of rotatable bonds is 5. The lowest BCUT2D eigenvalue weighted by Crippen LogP contribution is -2.28. The van der Waals surface area contributed by atoms with Crippen molar-refractivity contribution >= 4 is 10.8 Å². The van der Waals surface area contributed by atoms with Gasteiger partial charge in [0.2, 0.25) is 0 Å². The van der Waals surface area contributed by atoms with Crippen LogP contribution in [0.5, 0.6) is 0 Å². The first-order valence-electron chi connectivity index (χ1n) is 14.7. The lowest BCUT2D eigenvalue weighted by atomic mass is 9.67. The summed E-state index contributed by atoms with van der Waals surface area (Å²) in [5.41, 5.74) is 12.8. The van der Waals surface area contributed by atoms with Crippen LogP contribution < -0.4 is 0 Å². The highest BCUT2D eigenvalue weighted by Gasteiger charge is 2.46. The molecule has 0 heteroatoms. The van der Waals surface area contributed by atoms with Crippen molar-refractivity contribution in [1.29, 1.82) is 0 Å². The molecule has 0 nitrogen and oxygen atoms in total. The lowest BCUT2D eigenvalue weighted by Gasteiger charge is -2.34. The van der Waals surface area contributed by atoms with E-state index in [0.29, 0.717) is 0 Å². The summed E-state index contributed by atoms with van der Waals surface area (Å²) in [6.45, 7) is 0. The fraction of sp³-hybridized carbons (Fsp3) is 0.0476. The Morgan fingerprint density at radius 3 is 1.69 bits per heavy atom. The standard InChI is InChI=1S/C42H30/c1-4-15-30(16-5-1)29-32-28-27-31-17-10-11-22-35(31)40(32)37-24-14-26-39-41(37)36-23-12-13-25-38(36)42(39,33-18-6-2-7-19-33)34-20-8-3-9-21-34/h1-28H,29H2. The molecule has 0 spiro atoms. The summed E-state index contributed by atoms with van der Waals surface area (Å²) < 4.78 is 0. The first-order chi connectivity index (χ1) is 20.9. The molecule has 0 fully saturated rings. The molecular formula is C42H30. The van der Waals surface area contributed by atoms with Gasteiger partial charge in [-0.3, -0.25) is 0 Å². The van der Waals surface area contributed by atoms with Crippen molar-refractivity contribution in [3.05, 3.63) is 203 Å². The lowest BCUT2D eigenvalue weighted by molar-refractivity contribution is 0.768. The average Bonchev–Trinajstić information content (AvgIpc) is 3.37. The Hall–Kier alpha value is -5.20. The number of fused-ring (bicyclic) bond motifs is 4. The van der Waals surface area contributed by atoms with Crippen molar-refractivity contribution in [2.75, 3.05) is 0 Å². The molecule has 0 unspecified atom stereocenters. The molecule has 0 radical (unpaired) electrons. The van der Waals surface area contributed by atoms with Crippen LogP contribution in [-0.2, 0) is 11.8 Å². The molecule has 0 saturated heterocycles. The molecule has 0 bridgehead atoms. The number of hydrogen-bond acceptors (Lipinski definition) is 0. The second-order valence-corrected chi connectivity index (χ2v) is 11.2. The summed E-state index contributed by atoms with van der Waals surface area (Å²) >= 11 is 0. The highest BCUT2D eigenvalue weighted by molar-refractivity contribution is 6.05. The molecule has 42 heavy (non-hydrogen) atoms. The second kappa shape index (κ2) is 10.0. The Bertz CT molecular complexity index is 2000. The van der Waals surface area contributed by atoms with Crippen LogP contribution in [0.3, 0.4) is 0 Å². The molecule has 0 heterocycles. The third kappa shape index (κ3) is 3.69. The molecule has 7 aromatic carbocycles. The zero-order chi connectivity index (χ0) is 27.9. The predicted molar refractivity (Wildman–Crippen MR) is 176 cm³/mol. The molecule has 0 saturated carbocycles. The van der Waals surface area contributed by atoms with Crippen molar-refractivity contribution in [1.82, 2.24) is 0 Å². The quantitative estimate of drug-likeness (QED) is 0.206. The van der Waals surface area contributed by atoms with Gasteiger partial charge in [0, 0.05) is 0 Å². The van der Waals surface area contributed by atoms with E-state index >= 15 is 0 Å². The zero-order valence-corrected chi connectivity index (χ0v) is 23.4. The van der Waals surface area contributed by atoms with Crippen molar-refractivity contribution in [3.63, 3.8) is 0 Å². The van der Waals surface area contributed by atoms with Crippen molar-refractivity contribution in [2.45, 2.75) is 11.8 Å². The van der Waals surface area contributed by atoms with Gasteiger partial charge in [-0.05, 0) is 72.8 Å². The van der Waals surface area contributed by atoms with E-state index in [1.54, 1.807) is 0 Å². The summed E-state index contributed by atoms with van der Waals surface area (Å²) in [7, 11) is 0. The van der Waals surface area contributed by atoms with E-state index < -0.39 is 5.41 Å². The molecule has 1 aliphatic rings. The van der Waals surface area contributed by atoms with Gasteiger partial charge < -0.3 is 0 Å². The predicted octanol–water partition coefficient (Wildman–Crippen LogP) is 10.5. The van der Waals surface area contributed by atoms with Gasteiger partial charge >= 0.3 is 0 Å². The first kappa shape index (κ1) is 24.6. The number of benzene rings is 7. The van der Waals surface area contributed by atoms with Crippen molar-refractivity contribution in [3.8, 4) is 22.3 Å². The van der Waals surface area contributed by atoms with Gasteiger partial charge in [0.25, 0.3) is 0 Å². The van der Waals surface area contributed by atoms with E-state index in [9.17, 15) is 0 Å². The largest absolute Gasteiger partial charge is 0.0713 e. The van der Waals surface area contributed by atoms with E-state index in [1.807, 2.05) is 0 Å². The van der Waals surface area contributed by atoms with E-state index in [0.717, 1.165) is 6.42 Å². The van der Waals surface area contributed by atoms with Gasteiger partial charge in [0.15, 0.2) is 0 Å². The van der Waals surface area contributed by atoms with Gasteiger partial charge in [-0.2, -0.15) is 0 Å². The highest BCUT2D eigenvalue weighted by atomic mass is 14.5. The van der Waals surface area contributed by atoms with E-state index in [-0.39, 0.29) is 0 Å². The smallest absolute Gasteiger partial charge is 0.0622 e. The minimum absolute atomic E-state index is 0.408. The minimum Gasteiger partial charge on any atom is -0.0622 e. The maximum Gasteiger partial charge on any atom is 0.0713 e. The molecule has 198 valence electrons. The van der Waals surface area contributed by atoms with Gasteiger partial charge in [0.05, 0.1) is 5.41 Å². The van der Waals surface area contributed by atoms with Gasteiger partial charge in [0.1, 0.15) is 0 Å². The van der Waals surface area contributed by atoms with Crippen LogP contribution in [0.25, 0.3) is 33.0 Å². The van der Waals surface area contributed by atoms with Crippen LogP contribution in [0.15, 0.2) is 170 Å². The molecule has 0 amide bonds. The molecule has 0 aliphatic heterocycles. The Balaban J connectivity index is 1.49. The fourth-order valence-corrected chi connectivity index (χ4v) is 7.30. The molecular weight excluding hydrogens is 504 g/mol. The topological polar surface area (TPSA) is 0 Å². The summed E-state index contributed by atoms with van der Waals surface area (Å²) in [6.07, 6.45) is 0.884. The molecule has 0 atom stereocenters. The normalized spacial score (nSPS) is 13.0. The average molecular weight is 535 g/mol. The van der Waals surface area contributed by atoms with Gasteiger partial charge in [-0.15, -0.1) is 0 Å². The van der Waals surface area contributed by atoms with Crippen LogP contribution in [0.4, 0.5) is 0 Å². The Morgan fingerprint density at radius 2 is 0.952 bits per heavy atom. The van der Waals surface area contributed by atoms with E-state index in [2.05, 4.69) is 170 Å². The first-order valence-corrected chi connectivity index (χ1v) is 14.7. The third-order valence-corrected chi connectivity index (χ3v) is 9.00. The van der Waals surface area contributed by atoms with Crippen LogP contribution >= 0.6 is 0 Å². The maximum absolute atomic E-state index is 2.36. The fourth-order valence-electron chi connectivity index (χ4n) is 7.30. The Kier molecular flexibility index (Phi) is 5.86. The van der Waals surface area contributed by atoms with Crippen LogP contribution in [0.1, 0.15) is 33.4 Å². The zero-order valence-electron chi connectivity index (χ0n) is 23.4. The summed E-state index contributed by atoms with van der Waals surface area (Å²) in [6, 6.07) is 62.5. The molecule has 0 N–H and O–H groups in total. The summed E-state index contributed by atoms with van der Waals surface area (Å²) in [5.74, 6) is 0.